The van der Waals surface area contributed by atoms with Crippen molar-refractivity contribution in [3.63, 3.8) is 0 Å². The third kappa shape index (κ3) is 5.45. The van der Waals surface area contributed by atoms with Gasteiger partial charge < -0.3 is 14.6 Å². The Morgan fingerprint density at radius 1 is 1.10 bits per heavy atom. The van der Waals surface area contributed by atoms with Crippen molar-refractivity contribution in [3.8, 4) is 5.75 Å². The van der Waals surface area contributed by atoms with Gasteiger partial charge in [-0.25, -0.2) is 8.78 Å². The number of hydrogen-bond acceptors (Lipinski definition) is 4. The van der Waals surface area contributed by atoms with Crippen LogP contribution in [-0.4, -0.2) is 49.0 Å². The molecule has 29 heavy (non-hydrogen) atoms. The molecule has 0 bridgehead atoms. The van der Waals surface area contributed by atoms with E-state index >= 15 is 0 Å². The number of aliphatic hydroxyl groups is 1. The summed E-state index contributed by atoms with van der Waals surface area (Å²) >= 11 is 0. The molecule has 0 amide bonds. The Hall–Kier alpha value is -1.73. The van der Waals surface area contributed by atoms with Crippen LogP contribution in [0, 0.1) is 11.6 Å². The predicted molar refractivity (Wildman–Crippen MR) is 109 cm³/mol. The number of halogens is 3. The Morgan fingerprint density at radius 3 is 2.76 bits per heavy atom. The van der Waals surface area contributed by atoms with Crippen molar-refractivity contribution in [1.29, 1.82) is 0 Å². The Bertz CT molecular complexity index is 836. The lowest BCUT2D eigenvalue weighted by atomic mass is 10.1. The van der Waals surface area contributed by atoms with E-state index < -0.39 is 17.7 Å². The maximum Gasteiger partial charge on any atom is 0.159 e. The zero-order valence-electron chi connectivity index (χ0n) is 16.2. The van der Waals surface area contributed by atoms with Crippen LogP contribution in [-0.2, 0) is 17.6 Å². The van der Waals surface area contributed by atoms with E-state index in [-0.39, 0.29) is 25.1 Å². The van der Waals surface area contributed by atoms with Gasteiger partial charge in [-0.05, 0) is 60.2 Å². The molecule has 0 radical (unpaired) electrons. The maximum atomic E-state index is 13.5. The van der Waals surface area contributed by atoms with Crippen molar-refractivity contribution in [2.45, 2.75) is 31.5 Å². The van der Waals surface area contributed by atoms with Gasteiger partial charge in [0.25, 0.3) is 0 Å². The molecule has 2 unspecified atom stereocenters. The molecule has 0 aromatic heterocycles. The van der Waals surface area contributed by atoms with E-state index in [1.54, 1.807) is 6.07 Å². The molecule has 1 aliphatic carbocycles. The zero-order chi connectivity index (χ0) is 19.5. The fourth-order valence-electron chi connectivity index (χ4n) is 3.96. The Balaban J connectivity index is 0.00000240. The lowest BCUT2D eigenvalue weighted by Crippen LogP contribution is -2.43. The molecule has 2 aliphatic rings. The van der Waals surface area contributed by atoms with Crippen LogP contribution in [0.15, 0.2) is 36.4 Å². The van der Waals surface area contributed by atoms with E-state index in [9.17, 15) is 13.9 Å². The number of nitrogens with zero attached hydrogens (tertiary/aromatic N) is 1. The van der Waals surface area contributed by atoms with Crippen LogP contribution in [0.25, 0.3) is 0 Å². The summed E-state index contributed by atoms with van der Waals surface area (Å²) in [7, 11) is 0. The van der Waals surface area contributed by atoms with Gasteiger partial charge in [-0.1, -0.05) is 12.1 Å². The normalized spacial score (nSPS) is 20.0. The number of β-amino-alcohol motifs (C(OH)–C–C–N with tert-alkyl or cyclic N) is 1. The standard InChI is InChI=1S/C22H25F2NO3.ClH/c23-20-7-5-17(11-21(20)24)22-13-25(8-9-27-22)12-18(26)14-28-19-6-4-15-2-1-3-16(15)10-19;/h4-7,10-11,18,22,26H,1-3,8-9,12-14H2;1H. The molecule has 1 aliphatic heterocycles. The average molecular weight is 426 g/mol. The molecular weight excluding hydrogens is 400 g/mol. The second-order valence-corrected chi connectivity index (χ2v) is 7.54. The molecule has 2 aromatic carbocycles. The van der Waals surface area contributed by atoms with Crippen molar-refractivity contribution in [2.24, 2.45) is 0 Å². The van der Waals surface area contributed by atoms with Gasteiger partial charge in [0.1, 0.15) is 18.5 Å². The molecule has 1 fully saturated rings. The van der Waals surface area contributed by atoms with E-state index in [0.29, 0.717) is 31.8 Å². The Labute approximate surface area is 175 Å². The lowest BCUT2D eigenvalue weighted by Gasteiger charge is -2.34. The van der Waals surface area contributed by atoms with Crippen LogP contribution in [0.3, 0.4) is 0 Å². The van der Waals surface area contributed by atoms with Crippen molar-refractivity contribution in [3.05, 3.63) is 64.7 Å². The van der Waals surface area contributed by atoms with Crippen LogP contribution in [0.1, 0.15) is 29.2 Å². The van der Waals surface area contributed by atoms with Gasteiger partial charge in [-0.15, -0.1) is 12.4 Å². The highest BCUT2D eigenvalue weighted by Crippen LogP contribution is 2.26. The molecule has 4 nitrogen and oxygen atoms in total. The lowest BCUT2D eigenvalue weighted by molar-refractivity contribution is -0.0460. The van der Waals surface area contributed by atoms with E-state index in [1.165, 1.54) is 23.6 Å². The average Bonchev–Trinajstić information content (AvgIpc) is 3.16. The molecule has 1 N–H and O–H groups in total. The molecule has 0 saturated carbocycles. The van der Waals surface area contributed by atoms with Crippen LogP contribution < -0.4 is 4.74 Å². The van der Waals surface area contributed by atoms with Gasteiger partial charge in [-0.2, -0.15) is 0 Å². The molecule has 7 heteroatoms. The second-order valence-electron chi connectivity index (χ2n) is 7.54. The van der Waals surface area contributed by atoms with Crippen molar-refractivity contribution < 1.29 is 23.4 Å². The molecule has 1 heterocycles. The first-order chi connectivity index (χ1) is 13.6. The van der Waals surface area contributed by atoms with Gasteiger partial charge in [0.05, 0.1) is 12.7 Å². The number of aryl methyl sites for hydroxylation is 2. The minimum absolute atomic E-state index is 0. The second kappa shape index (κ2) is 9.85. The minimum atomic E-state index is -0.874. The molecule has 2 aromatic rings. The third-order valence-electron chi connectivity index (χ3n) is 5.45. The first kappa shape index (κ1) is 22.0. The van der Waals surface area contributed by atoms with Crippen LogP contribution in [0.4, 0.5) is 8.78 Å². The smallest absolute Gasteiger partial charge is 0.159 e. The minimum Gasteiger partial charge on any atom is -0.491 e. The SMILES string of the molecule is Cl.OC(COc1ccc2c(c1)CCC2)CN1CCOC(c2ccc(F)c(F)c2)C1. The summed E-state index contributed by atoms with van der Waals surface area (Å²) in [5.41, 5.74) is 3.34. The first-order valence-electron chi connectivity index (χ1n) is 9.80. The molecule has 1 saturated heterocycles. The predicted octanol–water partition coefficient (Wildman–Crippen LogP) is 3.69. The Kier molecular flexibility index (Phi) is 7.46. The number of fused-ring (bicyclic) bond motifs is 1. The number of benzene rings is 2. The summed E-state index contributed by atoms with van der Waals surface area (Å²) < 4.78 is 38.1. The highest BCUT2D eigenvalue weighted by molar-refractivity contribution is 5.85. The molecule has 0 spiro atoms. The Morgan fingerprint density at radius 2 is 1.93 bits per heavy atom. The highest BCUT2D eigenvalue weighted by Gasteiger charge is 2.24. The first-order valence-corrected chi connectivity index (χ1v) is 9.80. The van der Waals surface area contributed by atoms with E-state index in [1.807, 2.05) is 6.07 Å². The zero-order valence-corrected chi connectivity index (χ0v) is 17.0. The van der Waals surface area contributed by atoms with Gasteiger partial charge in [0.2, 0.25) is 0 Å². The van der Waals surface area contributed by atoms with Gasteiger partial charge in [0, 0.05) is 19.6 Å². The van der Waals surface area contributed by atoms with Gasteiger partial charge in [0.15, 0.2) is 11.6 Å². The number of rotatable bonds is 6. The van der Waals surface area contributed by atoms with Crippen LogP contribution >= 0.6 is 12.4 Å². The monoisotopic (exact) mass is 425 g/mol. The molecule has 4 rings (SSSR count). The maximum absolute atomic E-state index is 13.5. The van der Waals surface area contributed by atoms with Gasteiger partial charge in [-0.3, -0.25) is 4.90 Å². The highest BCUT2D eigenvalue weighted by atomic mass is 35.5. The quantitative estimate of drug-likeness (QED) is 0.766. The van der Waals surface area contributed by atoms with E-state index in [4.69, 9.17) is 9.47 Å². The summed E-state index contributed by atoms with van der Waals surface area (Å²) in [5, 5.41) is 10.4. The van der Waals surface area contributed by atoms with Gasteiger partial charge >= 0.3 is 0 Å². The molecular formula is C22H26ClF2NO3. The largest absolute Gasteiger partial charge is 0.491 e. The van der Waals surface area contributed by atoms with E-state index in [0.717, 1.165) is 24.7 Å². The summed E-state index contributed by atoms with van der Waals surface area (Å²) in [4.78, 5) is 2.06. The number of aliphatic hydroxyl groups excluding tert-OH is 1. The van der Waals surface area contributed by atoms with Crippen LogP contribution in [0.2, 0.25) is 0 Å². The topological polar surface area (TPSA) is 41.9 Å². The summed E-state index contributed by atoms with van der Waals surface area (Å²) in [6.07, 6.45) is 2.44. The third-order valence-corrected chi connectivity index (χ3v) is 5.45. The summed E-state index contributed by atoms with van der Waals surface area (Å²) in [5.74, 6) is -0.946. The summed E-state index contributed by atoms with van der Waals surface area (Å²) in [6.45, 7) is 2.32. The van der Waals surface area contributed by atoms with Crippen molar-refractivity contribution >= 4 is 12.4 Å². The van der Waals surface area contributed by atoms with Crippen LogP contribution in [0.5, 0.6) is 5.75 Å². The van der Waals surface area contributed by atoms with E-state index in [2.05, 4.69) is 17.0 Å². The number of morpholine rings is 1. The number of ether oxygens (including phenoxy) is 2. The molecule has 158 valence electrons. The number of hydrogen-bond donors (Lipinski definition) is 1. The summed E-state index contributed by atoms with van der Waals surface area (Å²) in [6, 6.07) is 9.98. The fourth-order valence-corrected chi connectivity index (χ4v) is 3.96. The van der Waals surface area contributed by atoms with Crippen molar-refractivity contribution in [2.75, 3.05) is 32.8 Å². The fraction of sp³-hybridized carbons (Fsp3) is 0.455. The molecule has 2 atom stereocenters. The van der Waals surface area contributed by atoms with Crippen molar-refractivity contribution in [1.82, 2.24) is 4.90 Å².